The summed E-state index contributed by atoms with van der Waals surface area (Å²) in [6.45, 7) is 0.600. The second kappa shape index (κ2) is 8.39. The van der Waals surface area contributed by atoms with Crippen molar-refractivity contribution in [1.29, 1.82) is 0 Å². The van der Waals surface area contributed by atoms with Crippen molar-refractivity contribution in [2.24, 2.45) is 10.1 Å². The molecule has 0 aliphatic carbocycles. The van der Waals surface area contributed by atoms with Crippen molar-refractivity contribution in [2.45, 2.75) is 6.54 Å². The number of hydrogen-bond donors (Lipinski definition) is 0. The maximum absolute atomic E-state index is 6.09. The second-order valence-electron chi connectivity index (χ2n) is 6.10. The summed E-state index contributed by atoms with van der Waals surface area (Å²) in [5, 5.41) is 11.5. The molecular formula is C21H18ClN3OS2. The number of aliphatic imine (C=N–C) groups is 1. The topological polar surface area (TPSA) is 37.2 Å². The minimum absolute atomic E-state index is 0.600. The molecule has 4 nitrogen and oxygen atoms in total. The molecule has 0 atom stereocenters. The lowest BCUT2D eigenvalue weighted by Crippen LogP contribution is -2.23. The van der Waals surface area contributed by atoms with Crippen LogP contribution in [0, 0.1) is 0 Å². The van der Waals surface area contributed by atoms with Gasteiger partial charge in [-0.05, 0) is 47.5 Å². The highest BCUT2D eigenvalue weighted by Gasteiger charge is 2.22. The lowest BCUT2D eigenvalue weighted by atomic mass is 10.0. The molecule has 1 aromatic heterocycles. The third-order valence-corrected chi connectivity index (χ3v) is 6.03. The Kier molecular flexibility index (Phi) is 5.71. The van der Waals surface area contributed by atoms with E-state index in [0.29, 0.717) is 11.6 Å². The molecule has 4 rings (SSSR count). The molecule has 0 radical (unpaired) electrons. The lowest BCUT2D eigenvalue weighted by Gasteiger charge is -2.20. The predicted octanol–water partition coefficient (Wildman–Crippen LogP) is 6.03. The van der Waals surface area contributed by atoms with Gasteiger partial charge in [0.05, 0.1) is 13.7 Å². The molecule has 2 heterocycles. The average molecular weight is 428 g/mol. The highest BCUT2D eigenvalue weighted by Crippen LogP contribution is 2.34. The molecule has 0 amide bonds. The minimum atomic E-state index is 0.600. The zero-order valence-electron chi connectivity index (χ0n) is 15.4. The fraction of sp³-hybridized carbons (Fsp3) is 0.143. The number of halogens is 1. The van der Waals surface area contributed by atoms with Gasteiger partial charge in [-0.3, -0.25) is 0 Å². The Bertz CT molecular complexity index is 1040. The highest BCUT2D eigenvalue weighted by molar-refractivity contribution is 8.13. The maximum Gasteiger partial charge on any atom is 0.185 e. The first-order valence-corrected chi connectivity index (χ1v) is 11.1. The van der Waals surface area contributed by atoms with E-state index in [9.17, 15) is 0 Å². The van der Waals surface area contributed by atoms with E-state index < -0.39 is 0 Å². The fourth-order valence-electron chi connectivity index (χ4n) is 2.95. The Labute approximate surface area is 177 Å². The summed E-state index contributed by atoms with van der Waals surface area (Å²) >= 11 is 9.29. The van der Waals surface area contributed by atoms with Crippen molar-refractivity contribution in [3.63, 3.8) is 0 Å². The lowest BCUT2D eigenvalue weighted by molar-refractivity contribution is 0.410. The Hall–Kier alpha value is -2.28. The summed E-state index contributed by atoms with van der Waals surface area (Å²) in [6, 6.07) is 17.9. The molecular weight excluding hydrogens is 410 g/mol. The first kappa shape index (κ1) is 19.1. The van der Waals surface area contributed by atoms with E-state index in [1.165, 1.54) is 0 Å². The number of amidine groups is 1. The first-order chi connectivity index (χ1) is 13.7. The molecule has 7 heteroatoms. The van der Waals surface area contributed by atoms with Crippen molar-refractivity contribution >= 4 is 50.6 Å². The first-order valence-electron chi connectivity index (χ1n) is 8.63. The van der Waals surface area contributed by atoms with Gasteiger partial charge in [-0.1, -0.05) is 47.6 Å². The Morgan fingerprint density at radius 2 is 1.96 bits per heavy atom. The van der Waals surface area contributed by atoms with Gasteiger partial charge in [0.25, 0.3) is 0 Å². The molecule has 2 aromatic carbocycles. The number of rotatable bonds is 4. The number of methoxy groups -OCH3 is 1. The molecule has 0 N–H and O–H groups in total. The SMILES string of the molecule is COc1cccc(CN2N=C(c3ccc(Cl)cc3)c3ccsc3N=C2SC)c1. The molecule has 0 spiro atoms. The molecule has 28 heavy (non-hydrogen) atoms. The molecule has 3 aromatic rings. The number of thiophene rings is 1. The van der Waals surface area contributed by atoms with Crippen molar-refractivity contribution in [1.82, 2.24) is 5.01 Å². The van der Waals surface area contributed by atoms with Gasteiger partial charge >= 0.3 is 0 Å². The van der Waals surface area contributed by atoms with Gasteiger partial charge in [0.2, 0.25) is 0 Å². The largest absolute Gasteiger partial charge is 0.497 e. The van der Waals surface area contributed by atoms with Crippen LogP contribution < -0.4 is 4.74 Å². The van der Waals surface area contributed by atoms with Crippen LogP contribution in [0.4, 0.5) is 5.00 Å². The minimum Gasteiger partial charge on any atom is -0.497 e. The van der Waals surface area contributed by atoms with Crippen LogP contribution in [0.2, 0.25) is 5.02 Å². The van der Waals surface area contributed by atoms with Crippen molar-refractivity contribution in [3.8, 4) is 5.75 Å². The van der Waals surface area contributed by atoms with Crippen LogP contribution in [-0.2, 0) is 6.54 Å². The molecule has 0 bridgehead atoms. The van der Waals surface area contributed by atoms with Crippen LogP contribution in [0.15, 0.2) is 70.1 Å². The van der Waals surface area contributed by atoms with Gasteiger partial charge in [-0.2, -0.15) is 5.10 Å². The molecule has 0 saturated carbocycles. The molecule has 1 aliphatic heterocycles. The Balaban J connectivity index is 1.79. The van der Waals surface area contributed by atoms with E-state index in [1.807, 2.05) is 53.7 Å². The van der Waals surface area contributed by atoms with E-state index in [-0.39, 0.29) is 0 Å². The number of hydrazone groups is 1. The van der Waals surface area contributed by atoms with Crippen LogP contribution >= 0.6 is 34.7 Å². The smallest absolute Gasteiger partial charge is 0.185 e. The number of fused-ring (bicyclic) bond motifs is 1. The number of nitrogens with zero attached hydrogens (tertiary/aromatic N) is 3. The number of ether oxygens (including phenoxy) is 1. The zero-order chi connectivity index (χ0) is 19.5. The van der Waals surface area contributed by atoms with Crippen molar-refractivity contribution < 1.29 is 4.74 Å². The molecule has 142 valence electrons. The van der Waals surface area contributed by atoms with E-state index in [2.05, 4.69) is 17.5 Å². The van der Waals surface area contributed by atoms with Gasteiger partial charge in [0, 0.05) is 16.1 Å². The van der Waals surface area contributed by atoms with Gasteiger partial charge in [-0.15, -0.1) is 11.3 Å². The van der Waals surface area contributed by atoms with Crippen LogP contribution in [-0.4, -0.2) is 29.3 Å². The van der Waals surface area contributed by atoms with E-state index >= 15 is 0 Å². The van der Waals surface area contributed by atoms with E-state index in [0.717, 1.165) is 38.3 Å². The van der Waals surface area contributed by atoms with Crippen LogP contribution in [0.3, 0.4) is 0 Å². The Morgan fingerprint density at radius 1 is 1.14 bits per heavy atom. The summed E-state index contributed by atoms with van der Waals surface area (Å²) in [5.41, 5.74) is 4.04. The van der Waals surface area contributed by atoms with Crippen molar-refractivity contribution in [3.05, 3.63) is 81.7 Å². The third-order valence-electron chi connectivity index (χ3n) is 4.31. The summed E-state index contributed by atoms with van der Waals surface area (Å²) in [6.07, 6.45) is 2.02. The summed E-state index contributed by atoms with van der Waals surface area (Å²) in [7, 11) is 1.68. The average Bonchev–Trinajstić information content (AvgIpc) is 3.12. The van der Waals surface area contributed by atoms with Crippen LogP contribution in [0.5, 0.6) is 5.75 Å². The van der Waals surface area contributed by atoms with Gasteiger partial charge in [-0.25, -0.2) is 10.0 Å². The van der Waals surface area contributed by atoms with Crippen molar-refractivity contribution in [2.75, 3.05) is 13.4 Å². The molecule has 0 saturated heterocycles. The third kappa shape index (κ3) is 3.94. The normalized spacial score (nSPS) is 13.5. The second-order valence-corrected chi connectivity index (χ2v) is 8.21. The van der Waals surface area contributed by atoms with E-state index in [1.54, 1.807) is 30.2 Å². The monoisotopic (exact) mass is 427 g/mol. The molecule has 0 fully saturated rings. The summed E-state index contributed by atoms with van der Waals surface area (Å²) in [5.74, 6) is 0.830. The number of hydrogen-bond acceptors (Lipinski definition) is 6. The van der Waals surface area contributed by atoms with E-state index in [4.69, 9.17) is 26.4 Å². The van der Waals surface area contributed by atoms with Crippen LogP contribution in [0.25, 0.3) is 0 Å². The zero-order valence-corrected chi connectivity index (χ0v) is 17.8. The molecule has 0 unspecified atom stereocenters. The molecule has 1 aliphatic rings. The Morgan fingerprint density at radius 3 is 2.71 bits per heavy atom. The maximum atomic E-state index is 6.09. The highest BCUT2D eigenvalue weighted by atomic mass is 35.5. The predicted molar refractivity (Wildman–Crippen MR) is 121 cm³/mol. The van der Waals surface area contributed by atoms with Gasteiger partial charge in [0.1, 0.15) is 16.5 Å². The summed E-state index contributed by atoms with van der Waals surface area (Å²) in [4.78, 5) is 4.88. The van der Waals surface area contributed by atoms with Crippen LogP contribution in [0.1, 0.15) is 16.7 Å². The number of thioether (sulfide) groups is 1. The quantitative estimate of drug-likeness (QED) is 0.510. The summed E-state index contributed by atoms with van der Waals surface area (Å²) < 4.78 is 5.36. The standard InChI is InChI=1S/C21H18ClN3OS2/c1-26-17-5-3-4-14(12-17)13-25-21(27-2)23-20-18(10-11-28-20)19(24-25)15-6-8-16(22)9-7-15/h3-12H,13H2,1-2H3. The van der Waals surface area contributed by atoms with Gasteiger partial charge < -0.3 is 4.74 Å². The van der Waals surface area contributed by atoms with Gasteiger partial charge in [0.15, 0.2) is 5.17 Å². The number of benzene rings is 2. The fourth-order valence-corrected chi connectivity index (χ4v) is 4.40.